The zero-order chi connectivity index (χ0) is 24.4. The van der Waals surface area contributed by atoms with E-state index in [0.29, 0.717) is 19.0 Å². The van der Waals surface area contributed by atoms with Gasteiger partial charge >= 0.3 is 0 Å². The normalized spacial score (nSPS) is 27.9. The van der Waals surface area contributed by atoms with Crippen molar-refractivity contribution in [1.82, 2.24) is 9.03 Å². The Morgan fingerprint density at radius 2 is 1.61 bits per heavy atom. The minimum atomic E-state index is -3.58. The first-order valence-electron chi connectivity index (χ1n) is 11.8. The van der Waals surface area contributed by atoms with Crippen LogP contribution in [0.15, 0.2) is 29.2 Å². The number of sulfonamides is 2. The molecule has 0 radical (unpaired) electrons. The van der Waals surface area contributed by atoms with Crippen LogP contribution in [0.1, 0.15) is 60.3 Å². The van der Waals surface area contributed by atoms with Crippen molar-refractivity contribution in [2.24, 2.45) is 5.92 Å². The predicted molar refractivity (Wildman–Crippen MR) is 131 cm³/mol. The van der Waals surface area contributed by atoms with E-state index in [2.05, 4.69) is 10.0 Å². The van der Waals surface area contributed by atoms with Crippen LogP contribution in [0, 0.1) is 5.92 Å². The van der Waals surface area contributed by atoms with Crippen molar-refractivity contribution >= 4 is 25.7 Å². The predicted octanol–water partition coefficient (Wildman–Crippen LogP) is 3.17. The fourth-order valence-corrected chi connectivity index (χ4v) is 7.05. The average molecular weight is 502 g/mol. The molecule has 1 aliphatic carbocycles. The van der Waals surface area contributed by atoms with E-state index in [1.165, 1.54) is 4.31 Å². The number of hydrogen-bond donors (Lipinski definition) is 2. The minimum absolute atomic E-state index is 0.0164. The van der Waals surface area contributed by atoms with E-state index in [0.717, 1.165) is 37.9 Å². The molecule has 0 aromatic heterocycles. The molecule has 1 aliphatic heterocycles. The summed E-state index contributed by atoms with van der Waals surface area (Å²) in [5.41, 5.74) is 0.779. The molecule has 10 heteroatoms. The third-order valence-corrected chi connectivity index (χ3v) is 10.5. The topological polar surface area (TPSA) is 105 Å². The lowest BCUT2D eigenvalue weighted by atomic mass is 9.86. The van der Waals surface area contributed by atoms with E-state index >= 15 is 0 Å². The van der Waals surface area contributed by atoms with Crippen LogP contribution in [0.5, 0.6) is 0 Å². The molecule has 1 aromatic rings. The number of hydrogen-bond acceptors (Lipinski definition) is 6. The maximum Gasteiger partial charge on any atom is 0.243 e. The second-order valence-corrected chi connectivity index (χ2v) is 14.8. The van der Waals surface area contributed by atoms with Gasteiger partial charge < -0.3 is 10.1 Å². The van der Waals surface area contributed by atoms with Crippen LogP contribution < -0.4 is 10.0 Å². The molecule has 2 fully saturated rings. The Hall–Kier alpha value is -1.20. The first-order valence-corrected chi connectivity index (χ1v) is 14.7. The number of rotatable bonds is 7. The molecular weight excluding hydrogens is 462 g/mol. The molecule has 0 spiro atoms. The van der Waals surface area contributed by atoms with Gasteiger partial charge in [0.15, 0.2) is 0 Å². The number of ether oxygens (including phenoxy) is 1. The van der Waals surface area contributed by atoms with Gasteiger partial charge in [-0.1, -0.05) is 6.07 Å². The van der Waals surface area contributed by atoms with Crippen LogP contribution in [0.3, 0.4) is 0 Å². The summed E-state index contributed by atoms with van der Waals surface area (Å²) in [7, 11) is -6.92. The molecule has 0 amide bonds. The first-order chi connectivity index (χ1) is 15.3. The summed E-state index contributed by atoms with van der Waals surface area (Å²) in [6, 6.07) is 6.96. The van der Waals surface area contributed by atoms with E-state index in [-0.39, 0.29) is 23.1 Å². The van der Waals surface area contributed by atoms with Gasteiger partial charge in [0.25, 0.3) is 0 Å². The second kappa shape index (κ2) is 10.2. The molecule has 8 nitrogen and oxygen atoms in total. The fraction of sp³-hybridized carbons (Fsp3) is 0.739. The Kier molecular flexibility index (Phi) is 8.16. The van der Waals surface area contributed by atoms with Gasteiger partial charge in [-0.3, -0.25) is 0 Å². The molecule has 1 saturated carbocycles. The van der Waals surface area contributed by atoms with Gasteiger partial charge in [-0.2, -0.15) is 4.31 Å². The van der Waals surface area contributed by atoms with Crippen molar-refractivity contribution in [1.29, 1.82) is 0 Å². The van der Waals surface area contributed by atoms with Gasteiger partial charge in [0, 0.05) is 31.4 Å². The summed E-state index contributed by atoms with van der Waals surface area (Å²) in [5, 5.41) is 3.39. The Morgan fingerprint density at radius 3 is 2.18 bits per heavy atom. The molecule has 188 valence electrons. The van der Waals surface area contributed by atoms with Crippen molar-refractivity contribution in [2.45, 2.75) is 88.2 Å². The molecular formula is C23H39N3O5S2. The van der Waals surface area contributed by atoms with Gasteiger partial charge in [0.1, 0.15) is 0 Å². The average Bonchev–Trinajstić information content (AvgIpc) is 2.72. The zero-order valence-corrected chi connectivity index (χ0v) is 22.0. The fourth-order valence-electron chi connectivity index (χ4n) is 4.39. The van der Waals surface area contributed by atoms with Gasteiger partial charge in [0.2, 0.25) is 20.0 Å². The number of benzene rings is 1. The third kappa shape index (κ3) is 6.69. The highest BCUT2D eigenvalue weighted by atomic mass is 32.2. The van der Waals surface area contributed by atoms with Crippen LogP contribution in [-0.4, -0.2) is 63.8 Å². The SMILES string of the molecule is C[C@@H]1CN(S(=O)(=O)c2cccc(NCC3CCC(NS(=O)(=O)C(C)(C)C)CC3)c2)C[C@H](C)O1. The van der Waals surface area contributed by atoms with E-state index in [1.807, 2.05) is 19.9 Å². The Morgan fingerprint density at radius 1 is 1.00 bits per heavy atom. The minimum Gasteiger partial charge on any atom is -0.385 e. The Balaban J connectivity index is 1.55. The van der Waals surface area contributed by atoms with Gasteiger partial charge in [-0.05, 0) is 84.4 Å². The highest BCUT2D eigenvalue weighted by molar-refractivity contribution is 7.90. The summed E-state index contributed by atoms with van der Waals surface area (Å²) in [6.45, 7) is 10.3. The molecule has 2 atom stereocenters. The summed E-state index contributed by atoms with van der Waals surface area (Å²) >= 11 is 0. The lowest BCUT2D eigenvalue weighted by Gasteiger charge is -2.34. The summed E-state index contributed by atoms with van der Waals surface area (Å²) in [5.74, 6) is 0.418. The molecule has 0 bridgehead atoms. The van der Waals surface area contributed by atoms with Crippen LogP contribution in [0.25, 0.3) is 0 Å². The maximum absolute atomic E-state index is 13.1. The van der Waals surface area contributed by atoms with Gasteiger partial charge in [0.05, 0.1) is 21.9 Å². The highest BCUT2D eigenvalue weighted by Gasteiger charge is 2.34. The second-order valence-electron chi connectivity index (χ2n) is 10.4. The van der Waals surface area contributed by atoms with E-state index < -0.39 is 24.8 Å². The van der Waals surface area contributed by atoms with E-state index in [1.54, 1.807) is 39.0 Å². The molecule has 2 N–H and O–H groups in total. The van der Waals surface area contributed by atoms with Crippen molar-refractivity contribution in [3.8, 4) is 0 Å². The van der Waals surface area contributed by atoms with Crippen LogP contribution >= 0.6 is 0 Å². The van der Waals surface area contributed by atoms with Gasteiger partial charge in [-0.25, -0.2) is 21.6 Å². The largest absolute Gasteiger partial charge is 0.385 e. The zero-order valence-electron chi connectivity index (χ0n) is 20.4. The quantitative estimate of drug-likeness (QED) is 0.595. The smallest absolute Gasteiger partial charge is 0.243 e. The molecule has 2 aliphatic rings. The molecule has 1 aromatic carbocycles. The molecule has 0 unspecified atom stereocenters. The van der Waals surface area contributed by atoms with Crippen LogP contribution in [-0.2, 0) is 24.8 Å². The van der Waals surface area contributed by atoms with Crippen molar-refractivity contribution in [3.63, 3.8) is 0 Å². The molecule has 1 heterocycles. The monoisotopic (exact) mass is 501 g/mol. The van der Waals surface area contributed by atoms with E-state index in [4.69, 9.17) is 4.74 Å². The highest BCUT2D eigenvalue weighted by Crippen LogP contribution is 2.28. The Bertz CT molecular complexity index is 1000. The number of nitrogens with zero attached hydrogens (tertiary/aromatic N) is 1. The first kappa shape index (κ1) is 26.4. The molecule has 33 heavy (non-hydrogen) atoms. The summed E-state index contributed by atoms with van der Waals surface area (Å²) < 4.78 is 60.3. The van der Waals surface area contributed by atoms with Crippen molar-refractivity contribution in [2.75, 3.05) is 25.0 Å². The van der Waals surface area contributed by atoms with Crippen molar-refractivity contribution < 1.29 is 21.6 Å². The summed E-state index contributed by atoms with van der Waals surface area (Å²) in [6.07, 6.45) is 3.20. The maximum atomic E-state index is 13.1. The lowest BCUT2D eigenvalue weighted by Crippen LogP contribution is -2.48. The standard InChI is InChI=1S/C23H39N3O5S2/c1-17-15-26(16-18(2)31-17)32(27,28)22-8-6-7-21(13-22)24-14-19-9-11-20(12-10-19)25-33(29,30)23(3,4)5/h6-8,13,17-20,24-25H,9-12,14-16H2,1-5H3/t17-,18+,19?,20?. The van der Waals surface area contributed by atoms with Gasteiger partial charge in [-0.15, -0.1) is 0 Å². The van der Waals surface area contributed by atoms with Crippen LogP contribution in [0.4, 0.5) is 5.69 Å². The third-order valence-electron chi connectivity index (χ3n) is 6.43. The van der Waals surface area contributed by atoms with E-state index in [9.17, 15) is 16.8 Å². The summed E-state index contributed by atoms with van der Waals surface area (Å²) in [4.78, 5) is 0.286. The van der Waals surface area contributed by atoms with Crippen LogP contribution in [0.2, 0.25) is 0 Å². The number of morpholine rings is 1. The lowest BCUT2D eigenvalue weighted by molar-refractivity contribution is -0.0440. The molecule has 3 rings (SSSR count). The Labute approximate surface area is 199 Å². The number of anilines is 1. The number of nitrogens with one attached hydrogen (secondary N) is 2. The van der Waals surface area contributed by atoms with Crippen molar-refractivity contribution in [3.05, 3.63) is 24.3 Å². The molecule has 1 saturated heterocycles.